The highest BCUT2D eigenvalue weighted by Gasteiger charge is 2.16. The van der Waals surface area contributed by atoms with Crippen molar-refractivity contribution in [3.05, 3.63) is 23.8 Å². The second kappa shape index (κ2) is 8.00. The molecule has 22 heavy (non-hydrogen) atoms. The minimum absolute atomic E-state index is 0.350. The summed E-state index contributed by atoms with van der Waals surface area (Å²) in [5.74, 6) is 0.820. The Bertz CT molecular complexity index is 499. The van der Waals surface area contributed by atoms with Crippen molar-refractivity contribution in [3.63, 3.8) is 0 Å². The van der Waals surface area contributed by atoms with Gasteiger partial charge in [-0.1, -0.05) is 0 Å². The van der Waals surface area contributed by atoms with Gasteiger partial charge in [0.2, 0.25) is 0 Å². The molecule has 122 valence electrons. The minimum atomic E-state index is -0.355. The van der Waals surface area contributed by atoms with Crippen LogP contribution in [0.2, 0.25) is 0 Å². The van der Waals surface area contributed by atoms with E-state index >= 15 is 0 Å². The Balaban J connectivity index is 1.97. The fourth-order valence-corrected chi connectivity index (χ4v) is 2.27. The Labute approximate surface area is 131 Å². The topological polar surface area (TPSA) is 51.2 Å². The maximum Gasteiger partial charge on any atom is 0.338 e. The number of benzene rings is 1. The van der Waals surface area contributed by atoms with Crippen LogP contribution in [0.4, 0.5) is 0 Å². The van der Waals surface area contributed by atoms with Gasteiger partial charge < -0.3 is 19.1 Å². The first kappa shape index (κ1) is 16.6. The number of ether oxygens (including phenoxy) is 3. The average Bonchev–Trinajstić information content (AvgIpc) is 2.54. The summed E-state index contributed by atoms with van der Waals surface area (Å²) in [6.45, 7) is 6.71. The largest absolute Gasteiger partial charge is 0.493 e. The molecule has 0 amide bonds. The molecule has 0 bridgehead atoms. The van der Waals surface area contributed by atoms with E-state index in [1.54, 1.807) is 32.2 Å². The number of carbonyl (C=O) groups excluding carboxylic acids is 1. The van der Waals surface area contributed by atoms with Crippen LogP contribution in [0, 0.1) is 0 Å². The van der Waals surface area contributed by atoms with Crippen molar-refractivity contribution >= 4 is 5.97 Å². The predicted octanol–water partition coefficient (Wildman–Crippen LogP) is 1.46. The lowest BCUT2D eigenvalue weighted by atomic mass is 10.2. The molecule has 0 spiro atoms. The Morgan fingerprint density at radius 3 is 2.55 bits per heavy atom. The van der Waals surface area contributed by atoms with Crippen LogP contribution in [0.15, 0.2) is 18.2 Å². The third-order valence-electron chi connectivity index (χ3n) is 3.67. The summed E-state index contributed by atoms with van der Waals surface area (Å²) in [7, 11) is 3.68. The summed E-state index contributed by atoms with van der Waals surface area (Å²) in [4.78, 5) is 16.3. The summed E-state index contributed by atoms with van der Waals surface area (Å²) in [6, 6.07) is 5.10. The number of carbonyl (C=O) groups is 1. The summed E-state index contributed by atoms with van der Waals surface area (Å²) in [6.07, 6.45) is 0. The van der Waals surface area contributed by atoms with Gasteiger partial charge >= 0.3 is 5.97 Å². The Hall–Kier alpha value is -1.79. The fourth-order valence-electron chi connectivity index (χ4n) is 2.27. The monoisotopic (exact) mass is 308 g/mol. The molecule has 1 aromatic carbocycles. The molecule has 6 nitrogen and oxygen atoms in total. The number of nitrogens with zero attached hydrogens (tertiary/aromatic N) is 2. The zero-order valence-corrected chi connectivity index (χ0v) is 13.5. The molecule has 1 aromatic rings. The van der Waals surface area contributed by atoms with Crippen molar-refractivity contribution < 1.29 is 19.0 Å². The summed E-state index contributed by atoms with van der Waals surface area (Å²) >= 11 is 0. The van der Waals surface area contributed by atoms with Crippen molar-refractivity contribution in [3.8, 4) is 11.5 Å². The van der Waals surface area contributed by atoms with Crippen LogP contribution in [0.1, 0.15) is 17.3 Å². The molecule has 0 aromatic heterocycles. The summed E-state index contributed by atoms with van der Waals surface area (Å²) in [5, 5.41) is 0. The maximum atomic E-state index is 11.7. The number of rotatable bonds is 6. The molecule has 1 aliphatic heterocycles. The van der Waals surface area contributed by atoms with Crippen LogP contribution in [0.5, 0.6) is 11.5 Å². The van der Waals surface area contributed by atoms with E-state index in [0.29, 0.717) is 30.4 Å². The van der Waals surface area contributed by atoms with E-state index in [-0.39, 0.29) is 5.97 Å². The normalized spacial score (nSPS) is 16.3. The lowest BCUT2D eigenvalue weighted by molar-refractivity contribution is 0.0525. The van der Waals surface area contributed by atoms with Gasteiger partial charge in [-0.05, 0) is 32.2 Å². The molecule has 1 saturated heterocycles. The Kier molecular flexibility index (Phi) is 6.03. The first-order chi connectivity index (χ1) is 10.6. The van der Waals surface area contributed by atoms with Gasteiger partial charge in [-0.25, -0.2) is 4.79 Å². The minimum Gasteiger partial charge on any atom is -0.493 e. The van der Waals surface area contributed by atoms with Crippen LogP contribution in [-0.4, -0.2) is 69.4 Å². The second-order valence-corrected chi connectivity index (χ2v) is 5.28. The second-order valence-electron chi connectivity index (χ2n) is 5.28. The van der Waals surface area contributed by atoms with Crippen molar-refractivity contribution in [1.82, 2.24) is 9.80 Å². The zero-order valence-electron chi connectivity index (χ0n) is 13.5. The van der Waals surface area contributed by atoms with Crippen LogP contribution in [-0.2, 0) is 4.74 Å². The lowest BCUT2D eigenvalue weighted by Crippen LogP contribution is -2.45. The Morgan fingerprint density at radius 2 is 1.91 bits per heavy atom. The predicted molar refractivity (Wildman–Crippen MR) is 83.5 cm³/mol. The molecular weight excluding hydrogens is 284 g/mol. The molecule has 0 N–H and O–H groups in total. The maximum absolute atomic E-state index is 11.7. The molecule has 0 radical (unpaired) electrons. The van der Waals surface area contributed by atoms with Gasteiger partial charge in [0.05, 0.1) is 19.3 Å². The van der Waals surface area contributed by atoms with Crippen molar-refractivity contribution in [2.24, 2.45) is 0 Å². The van der Waals surface area contributed by atoms with E-state index in [1.807, 2.05) is 0 Å². The van der Waals surface area contributed by atoms with Crippen LogP contribution in [0.25, 0.3) is 0 Å². The molecular formula is C16H24N2O4. The molecule has 1 fully saturated rings. The van der Waals surface area contributed by atoms with Crippen LogP contribution in [0.3, 0.4) is 0 Å². The highest BCUT2D eigenvalue weighted by Crippen LogP contribution is 2.28. The first-order valence-electron chi connectivity index (χ1n) is 7.53. The number of hydrogen-bond donors (Lipinski definition) is 0. The zero-order chi connectivity index (χ0) is 15.9. The van der Waals surface area contributed by atoms with E-state index in [0.717, 1.165) is 26.2 Å². The van der Waals surface area contributed by atoms with Gasteiger partial charge in [0.1, 0.15) is 6.73 Å². The third kappa shape index (κ3) is 4.35. The molecule has 1 heterocycles. The standard InChI is InChI=1S/C16H24N2O4/c1-4-21-16(19)13-5-6-14(15(11-13)20-3)22-12-18-9-7-17(2)8-10-18/h5-6,11H,4,7-10,12H2,1-3H3. The summed E-state index contributed by atoms with van der Waals surface area (Å²) < 4.78 is 16.1. The molecule has 0 aliphatic carbocycles. The van der Waals surface area contributed by atoms with Crippen LogP contribution >= 0.6 is 0 Å². The van der Waals surface area contributed by atoms with Crippen molar-refractivity contribution in [1.29, 1.82) is 0 Å². The highest BCUT2D eigenvalue weighted by atomic mass is 16.5. The number of likely N-dealkylation sites (N-methyl/N-ethyl adjacent to an activating group) is 1. The van der Waals surface area contributed by atoms with E-state index in [1.165, 1.54) is 0 Å². The molecule has 6 heteroatoms. The average molecular weight is 308 g/mol. The molecule has 0 saturated carbocycles. The smallest absolute Gasteiger partial charge is 0.338 e. The third-order valence-corrected chi connectivity index (χ3v) is 3.67. The lowest BCUT2D eigenvalue weighted by Gasteiger charge is -2.32. The van der Waals surface area contributed by atoms with Crippen molar-refractivity contribution in [2.75, 3.05) is 53.7 Å². The van der Waals surface area contributed by atoms with Gasteiger partial charge in [-0.3, -0.25) is 4.90 Å². The van der Waals surface area contributed by atoms with Gasteiger partial charge in [0.15, 0.2) is 11.5 Å². The SMILES string of the molecule is CCOC(=O)c1ccc(OCN2CCN(C)CC2)c(OC)c1. The van der Waals surface area contributed by atoms with Gasteiger partial charge in [-0.15, -0.1) is 0 Å². The fraction of sp³-hybridized carbons (Fsp3) is 0.562. The van der Waals surface area contributed by atoms with Gasteiger partial charge in [0, 0.05) is 26.2 Å². The van der Waals surface area contributed by atoms with Crippen LogP contribution < -0.4 is 9.47 Å². The van der Waals surface area contributed by atoms with Crippen molar-refractivity contribution in [2.45, 2.75) is 6.92 Å². The van der Waals surface area contributed by atoms with Gasteiger partial charge in [0.25, 0.3) is 0 Å². The quantitative estimate of drug-likeness (QED) is 0.742. The first-order valence-corrected chi connectivity index (χ1v) is 7.53. The number of hydrogen-bond acceptors (Lipinski definition) is 6. The molecule has 0 unspecified atom stereocenters. The number of methoxy groups -OCH3 is 1. The van der Waals surface area contributed by atoms with E-state index in [4.69, 9.17) is 14.2 Å². The Morgan fingerprint density at radius 1 is 1.18 bits per heavy atom. The van der Waals surface area contributed by atoms with E-state index in [2.05, 4.69) is 16.8 Å². The van der Waals surface area contributed by atoms with Gasteiger partial charge in [-0.2, -0.15) is 0 Å². The van der Waals surface area contributed by atoms with E-state index < -0.39 is 0 Å². The summed E-state index contributed by atoms with van der Waals surface area (Å²) in [5.41, 5.74) is 0.464. The number of piperazine rings is 1. The molecule has 2 rings (SSSR count). The molecule has 1 aliphatic rings. The van der Waals surface area contributed by atoms with E-state index in [9.17, 15) is 4.79 Å². The molecule has 0 atom stereocenters. The number of esters is 1. The highest BCUT2D eigenvalue weighted by molar-refractivity contribution is 5.90.